The summed E-state index contributed by atoms with van der Waals surface area (Å²) in [7, 11) is 0. The molecule has 1 aliphatic rings. The van der Waals surface area contributed by atoms with E-state index in [2.05, 4.69) is 9.55 Å². The molecular formula is C14H16N2O3. The number of carboxylic acids is 1. The van der Waals surface area contributed by atoms with E-state index in [1.165, 1.54) is 30.5 Å². The van der Waals surface area contributed by atoms with Gasteiger partial charge < -0.3 is 14.1 Å². The first kappa shape index (κ1) is 12.0. The summed E-state index contributed by atoms with van der Waals surface area (Å²) in [6.45, 7) is 2.54. The number of carboxylic acid groups (broad SMARTS) is 1. The van der Waals surface area contributed by atoms with Crippen LogP contribution in [0.2, 0.25) is 0 Å². The highest BCUT2D eigenvalue weighted by molar-refractivity contribution is 5.87. The van der Waals surface area contributed by atoms with Gasteiger partial charge in [-0.25, -0.2) is 9.78 Å². The Bertz CT molecular complexity index is 625. The van der Waals surface area contributed by atoms with Gasteiger partial charge in [0.25, 0.3) is 0 Å². The smallest absolute Gasteiger partial charge is 0.338 e. The second kappa shape index (κ2) is 4.57. The fraction of sp³-hybridized carbons (Fsp3) is 0.429. The third-order valence-corrected chi connectivity index (χ3v) is 3.64. The van der Waals surface area contributed by atoms with Crippen molar-refractivity contribution >= 4 is 5.97 Å². The van der Waals surface area contributed by atoms with Crippen LogP contribution in [0.3, 0.4) is 0 Å². The van der Waals surface area contributed by atoms with Crippen molar-refractivity contribution in [1.29, 1.82) is 0 Å². The van der Waals surface area contributed by atoms with Crippen LogP contribution in [0.5, 0.6) is 0 Å². The lowest BCUT2D eigenvalue weighted by Gasteiger charge is -2.13. The average molecular weight is 260 g/mol. The molecule has 2 aromatic rings. The minimum absolute atomic E-state index is 0.196. The fourth-order valence-corrected chi connectivity index (χ4v) is 2.68. The highest BCUT2D eigenvalue weighted by Gasteiger charge is 2.19. The van der Waals surface area contributed by atoms with Gasteiger partial charge in [0, 0.05) is 5.69 Å². The molecule has 0 saturated heterocycles. The number of carbonyl (C=O) groups is 1. The first-order valence-corrected chi connectivity index (χ1v) is 6.50. The molecule has 0 atom stereocenters. The van der Waals surface area contributed by atoms with Crippen molar-refractivity contribution in [2.75, 3.05) is 0 Å². The molecule has 2 heterocycles. The second-order valence-electron chi connectivity index (χ2n) is 4.95. The van der Waals surface area contributed by atoms with Crippen LogP contribution in [0.25, 0.3) is 0 Å². The number of furan rings is 1. The van der Waals surface area contributed by atoms with Gasteiger partial charge in [0.05, 0.1) is 17.8 Å². The normalized spacial score (nSPS) is 14.4. The van der Waals surface area contributed by atoms with E-state index >= 15 is 0 Å². The number of hydrogen-bond donors (Lipinski definition) is 1. The Morgan fingerprint density at radius 1 is 1.47 bits per heavy atom. The van der Waals surface area contributed by atoms with Gasteiger partial charge in [-0.2, -0.15) is 0 Å². The Morgan fingerprint density at radius 3 is 3.00 bits per heavy atom. The van der Waals surface area contributed by atoms with Crippen LogP contribution in [0.4, 0.5) is 0 Å². The standard InChI is InChI=1S/C14H16N2O3/c1-9-15-12-4-2-3-5-13(12)16(9)7-11-6-10(8-19-11)14(17)18/h6,8H,2-5,7H2,1H3,(H,17,18). The van der Waals surface area contributed by atoms with Gasteiger partial charge in [-0.15, -0.1) is 0 Å². The van der Waals surface area contributed by atoms with E-state index in [0.29, 0.717) is 12.3 Å². The van der Waals surface area contributed by atoms with Gasteiger partial charge in [-0.05, 0) is 38.7 Å². The number of hydrogen-bond acceptors (Lipinski definition) is 3. The summed E-state index contributed by atoms with van der Waals surface area (Å²) < 4.78 is 7.45. The number of aryl methyl sites for hydroxylation is 2. The Hall–Kier alpha value is -2.04. The lowest BCUT2D eigenvalue weighted by Crippen LogP contribution is -2.10. The average Bonchev–Trinajstić information content (AvgIpc) is 2.96. The topological polar surface area (TPSA) is 68.3 Å². The Labute approximate surface area is 110 Å². The Kier molecular flexibility index (Phi) is 2.89. The first-order valence-electron chi connectivity index (χ1n) is 6.50. The molecule has 19 heavy (non-hydrogen) atoms. The molecule has 0 unspecified atom stereocenters. The van der Waals surface area contributed by atoms with Crippen molar-refractivity contribution in [2.24, 2.45) is 0 Å². The van der Waals surface area contributed by atoms with Gasteiger partial charge in [-0.3, -0.25) is 0 Å². The summed E-state index contributed by atoms with van der Waals surface area (Å²) in [6.07, 6.45) is 5.77. The molecule has 0 bridgehead atoms. The predicted octanol–water partition coefficient (Wildman–Crippen LogP) is 2.41. The van der Waals surface area contributed by atoms with Crippen LogP contribution < -0.4 is 0 Å². The molecule has 1 N–H and O–H groups in total. The summed E-state index contributed by atoms with van der Waals surface area (Å²) >= 11 is 0. The zero-order valence-electron chi connectivity index (χ0n) is 10.8. The van der Waals surface area contributed by atoms with E-state index in [4.69, 9.17) is 9.52 Å². The lowest BCUT2D eigenvalue weighted by molar-refractivity contribution is 0.0696. The van der Waals surface area contributed by atoms with Gasteiger partial charge in [0.15, 0.2) is 0 Å². The molecule has 1 aliphatic carbocycles. The molecule has 0 amide bonds. The first-order chi connectivity index (χ1) is 9.15. The predicted molar refractivity (Wildman–Crippen MR) is 68.4 cm³/mol. The number of aromatic nitrogens is 2. The van der Waals surface area contributed by atoms with E-state index in [9.17, 15) is 4.79 Å². The maximum Gasteiger partial charge on any atom is 0.338 e. The number of nitrogens with zero attached hydrogens (tertiary/aromatic N) is 2. The molecule has 5 heteroatoms. The number of imidazole rings is 1. The maximum atomic E-state index is 10.8. The highest BCUT2D eigenvalue weighted by Crippen LogP contribution is 2.23. The van der Waals surface area contributed by atoms with E-state index in [1.807, 2.05) is 6.92 Å². The van der Waals surface area contributed by atoms with E-state index in [0.717, 1.165) is 18.7 Å². The van der Waals surface area contributed by atoms with Crippen molar-refractivity contribution < 1.29 is 14.3 Å². The largest absolute Gasteiger partial charge is 0.478 e. The molecule has 5 nitrogen and oxygen atoms in total. The second-order valence-corrected chi connectivity index (χ2v) is 4.95. The van der Waals surface area contributed by atoms with E-state index in [-0.39, 0.29) is 5.56 Å². The molecule has 0 fully saturated rings. The number of rotatable bonds is 3. The van der Waals surface area contributed by atoms with Crippen molar-refractivity contribution in [2.45, 2.75) is 39.2 Å². The Morgan fingerprint density at radius 2 is 2.26 bits per heavy atom. The quantitative estimate of drug-likeness (QED) is 0.920. The third-order valence-electron chi connectivity index (χ3n) is 3.64. The van der Waals surface area contributed by atoms with E-state index < -0.39 is 5.97 Å². The van der Waals surface area contributed by atoms with Crippen LogP contribution in [-0.2, 0) is 19.4 Å². The maximum absolute atomic E-state index is 10.8. The van der Waals surface area contributed by atoms with Gasteiger partial charge in [-0.1, -0.05) is 0 Å². The highest BCUT2D eigenvalue weighted by atomic mass is 16.4. The summed E-state index contributed by atoms with van der Waals surface area (Å²) in [4.78, 5) is 15.4. The molecule has 3 rings (SSSR count). The molecule has 0 saturated carbocycles. The van der Waals surface area contributed by atoms with Crippen molar-refractivity contribution in [3.05, 3.63) is 40.9 Å². The summed E-state index contributed by atoms with van der Waals surface area (Å²) in [5.41, 5.74) is 2.66. The van der Waals surface area contributed by atoms with E-state index in [1.54, 1.807) is 6.07 Å². The summed E-state index contributed by atoms with van der Waals surface area (Å²) in [5.74, 6) is 0.672. The number of aromatic carboxylic acids is 1. The number of fused-ring (bicyclic) bond motifs is 1. The molecule has 0 aromatic carbocycles. The van der Waals surface area contributed by atoms with Crippen LogP contribution in [0.1, 0.15) is 46.2 Å². The zero-order chi connectivity index (χ0) is 13.4. The SMILES string of the molecule is Cc1nc2c(n1Cc1cc(C(=O)O)co1)CCCC2. The van der Waals surface area contributed by atoms with Gasteiger partial charge >= 0.3 is 5.97 Å². The summed E-state index contributed by atoms with van der Waals surface area (Å²) in [5, 5.41) is 8.89. The minimum atomic E-state index is -0.959. The Balaban J connectivity index is 1.90. The molecular weight excluding hydrogens is 244 g/mol. The molecule has 0 radical (unpaired) electrons. The third kappa shape index (κ3) is 2.16. The van der Waals surface area contributed by atoms with Crippen LogP contribution in [-0.4, -0.2) is 20.6 Å². The van der Waals surface area contributed by atoms with Crippen LogP contribution >= 0.6 is 0 Å². The molecule has 2 aromatic heterocycles. The monoisotopic (exact) mass is 260 g/mol. The van der Waals surface area contributed by atoms with Crippen molar-refractivity contribution in [3.63, 3.8) is 0 Å². The zero-order valence-corrected chi connectivity index (χ0v) is 10.8. The molecule has 100 valence electrons. The fourth-order valence-electron chi connectivity index (χ4n) is 2.68. The van der Waals surface area contributed by atoms with Crippen LogP contribution in [0.15, 0.2) is 16.7 Å². The molecule has 0 spiro atoms. The molecule has 0 aliphatic heterocycles. The van der Waals surface area contributed by atoms with Crippen molar-refractivity contribution in [1.82, 2.24) is 9.55 Å². The lowest BCUT2D eigenvalue weighted by atomic mass is 10.0. The van der Waals surface area contributed by atoms with Crippen LogP contribution in [0, 0.1) is 6.92 Å². The van der Waals surface area contributed by atoms with Gasteiger partial charge in [0.2, 0.25) is 0 Å². The van der Waals surface area contributed by atoms with Gasteiger partial charge in [0.1, 0.15) is 17.8 Å². The van der Waals surface area contributed by atoms with Crippen molar-refractivity contribution in [3.8, 4) is 0 Å². The minimum Gasteiger partial charge on any atom is -0.478 e. The summed E-state index contributed by atoms with van der Waals surface area (Å²) in [6, 6.07) is 1.58.